The molecule has 1 fully saturated rings. The van der Waals surface area contributed by atoms with Gasteiger partial charge in [0.05, 0.1) is 21.7 Å². The maximum Gasteiger partial charge on any atom is 0.417 e. The number of alkyl halides is 6. The van der Waals surface area contributed by atoms with Crippen LogP contribution in [-0.2, 0) is 17.9 Å². The number of halogens is 7. The van der Waals surface area contributed by atoms with Crippen molar-refractivity contribution >= 4 is 34.6 Å². The fourth-order valence-electron chi connectivity index (χ4n) is 3.66. The van der Waals surface area contributed by atoms with Crippen molar-refractivity contribution in [3.63, 3.8) is 0 Å². The molecule has 2 nitrogen and oxygen atoms in total. The van der Waals surface area contributed by atoms with Crippen LogP contribution in [0.15, 0.2) is 42.5 Å². The number of rotatable bonds is 3. The highest BCUT2D eigenvalue weighted by Gasteiger charge is 2.39. The normalized spacial score (nSPS) is 16.4. The summed E-state index contributed by atoms with van der Waals surface area (Å²) < 4.78 is 78.6. The van der Waals surface area contributed by atoms with Gasteiger partial charge in [0, 0.05) is 5.69 Å². The predicted molar refractivity (Wildman–Crippen MR) is 107 cm³/mol. The summed E-state index contributed by atoms with van der Waals surface area (Å²) in [4.78, 5) is 0. The number of benzene rings is 2. The Morgan fingerprint density at radius 2 is 1.60 bits per heavy atom. The van der Waals surface area contributed by atoms with Gasteiger partial charge in [-0.05, 0) is 61.0 Å². The van der Waals surface area contributed by atoms with Gasteiger partial charge in [-0.3, -0.25) is 0 Å². The molecule has 0 saturated heterocycles. The first-order valence-corrected chi connectivity index (χ1v) is 9.83. The Bertz CT molecular complexity index is 936. The third kappa shape index (κ3) is 5.00. The topological polar surface area (TPSA) is 24.1 Å². The van der Waals surface area contributed by atoms with Crippen LogP contribution in [0, 0.1) is 0 Å². The summed E-state index contributed by atoms with van der Waals surface area (Å²) in [5.41, 5.74) is -2.10. The molecule has 0 aromatic heterocycles. The standard InChI is InChI=1S/C20H17ClF6N2S/c21-16-7-6-14(11-15(16)20(25,26)27)28-17(30)29-18(8-1-2-9-18)12-4-3-5-13(10-12)19(22,23)24/h3-7,10-11H,1-2,8-9H2,(H2,28,29,30). The van der Waals surface area contributed by atoms with Crippen molar-refractivity contribution in [2.24, 2.45) is 0 Å². The number of nitrogens with one attached hydrogen (secondary N) is 2. The van der Waals surface area contributed by atoms with Crippen LogP contribution >= 0.6 is 23.8 Å². The minimum atomic E-state index is -4.63. The van der Waals surface area contributed by atoms with E-state index >= 15 is 0 Å². The van der Waals surface area contributed by atoms with Crippen LogP contribution < -0.4 is 10.6 Å². The second-order valence-electron chi connectivity index (χ2n) is 7.14. The van der Waals surface area contributed by atoms with E-state index < -0.39 is 34.0 Å². The smallest absolute Gasteiger partial charge is 0.353 e. The zero-order chi connectivity index (χ0) is 22.2. The van der Waals surface area contributed by atoms with E-state index in [1.54, 1.807) is 6.07 Å². The molecule has 3 rings (SSSR count). The minimum absolute atomic E-state index is 0.0183. The van der Waals surface area contributed by atoms with Crippen LogP contribution in [0.4, 0.5) is 32.0 Å². The predicted octanol–water partition coefficient (Wildman–Crippen LogP) is 7.13. The summed E-state index contributed by atoms with van der Waals surface area (Å²) in [6.45, 7) is 0. The van der Waals surface area contributed by atoms with Crippen molar-refractivity contribution in [1.82, 2.24) is 5.32 Å². The Kier molecular flexibility index (Phi) is 6.25. The first kappa shape index (κ1) is 22.7. The average Bonchev–Trinajstić information content (AvgIpc) is 3.11. The molecule has 0 amide bonds. The number of hydrogen-bond acceptors (Lipinski definition) is 1. The molecule has 0 spiro atoms. The maximum absolute atomic E-state index is 13.1. The van der Waals surface area contributed by atoms with E-state index in [-0.39, 0.29) is 10.8 Å². The first-order valence-electron chi connectivity index (χ1n) is 9.04. The maximum atomic E-state index is 13.1. The van der Waals surface area contributed by atoms with Gasteiger partial charge in [-0.15, -0.1) is 0 Å². The summed E-state index contributed by atoms with van der Waals surface area (Å²) in [5.74, 6) is 0. The van der Waals surface area contributed by atoms with Crippen LogP contribution in [0.25, 0.3) is 0 Å². The Hall–Kier alpha value is -2.00. The quantitative estimate of drug-likeness (QED) is 0.371. The summed E-state index contributed by atoms with van der Waals surface area (Å²) in [6, 6.07) is 8.30. The molecule has 0 bridgehead atoms. The van der Waals surface area contributed by atoms with Gasteiger partial charge in [-0.2, -0.15) is 26.3 Å². The molecule has 1 aliphatic rings. The van der Waals surface area contributed by atoms with Gasteiger partial charge < -0.3 is 10.6 Å². The molecule has 0 atom stereocenters. The first-order chi connectivity index (χ1) is 13.9. The van der Waals surface area contributed by atoms with E-state index in [0.29, 0.717) is 18.4 Å². The summed E-state index contributed by atoms with van der Waals surface area (Å²) in [7, 11) is 0. The van der Waals surface area contributed by atoms with Crippen molar-refractivity contribution in [2.75, 3.05) is 5.32 Å². The lowest BCUT2D eigenvalue weighted by Crippen LogP contribution is -2.45. The molecule has 30 heavy (non-hydrogen) atoms. The van der Waals surface area contributed by atoms with Gasteiger partial charge in [-0.1, -0.05) is 36.6 Å². The van der Waals surface area contributed by atoms with Crippen LogP contribution in [0.2, 0.25) is 5.02 Å². The van der Waals surface area contributed by atoms with Crippen molar-refractivity contribution < 1.29 is 26.3 Å². The molecule has 1 saturated carbocycles. The van der Waals surface area contributed by atoms with Crippen molar-refractivity contribution in [2.45, 2.75) is 43.6 Å². The Morgan fingerprint density at radius 3 is 2.20 bits per heavy atom. The van der Waals surface area contributed by atoms with E-state index in [2.05, 4.69) is 10.6 Å². The molecule has 0 aliphatic heterocycles. The molecule has 1 aliphatic carbocycles. The zero-order valence-electron chi connectivity index (χ0n) is 15.4. The lowest BCUT2D eigenvalue weighted by atomic mass is 9.87. The van der Waals surface area contributed by atoms with Gasteiger partial charge in [0.25, 0.3) is 0 Å². The number of thiocarbonyl (C=S) groups is 1. The molecule has 2 aromatic rings. The van der Waals surface area contributed by atoms with E-state index in [1.807, 2.05) is 0 Å². The van der Waals surface area contributed by atoms with Gasteiger partial charge in [0.2, 0.25) is 0 Å². The minimum Gasteiger partial charge on any atom is -0.353 e. The molecule has 2 N–H and O–H groups in total. The van der Waals surface area contributed by atoms with Crippen LogP contribution in [0.1, 0.15) is 42.4 Å². The molecule has 162 valence electrons. The lowest BCUT2D eigenvalue weighted by molar-refractivity contribution is -0.138. The Balaban J connectivity index is 1.84. The van der Waals surface area contributed by atoms with Gasteiger partial charge >= 0.3 is 12.4 Å². The Morgan fingerprint density at radius 1 is 0.933 bits per heavy atom. The molecule has 2 aromatic carbocycles. The van der Waals surface area contributed by atoms with Gasteiger partial charge in [-0.25, -0.2) is 0 Å². The highest BCUT2D eigenvalue weighted by Crippen LogP contribution is 2.41. The molecule has 0 radical (unpaired) electrons. The number of hydrogen-bond donors (Lipinski definition) is 2. The summed E-state index contributed by atoms with van der Waals surface area (Å²) in [6.07, 6.45) is -6.45. The van der Waals surface area contributed by atoms with Crippen molar-refractivity contribution in [1.29, 1.82) is 0 Å². The van der Waals surface area contributed by atoms with Crippen molar-refractivity contribution in [3.05, 3.63) is 64.2 Å². The highest BCUT2D eigenvalue weighted by atomic mass is 35.5. The van der Waals surface area contributed by atoms with Crippen molar-refractivity contribution in [3.8, 4) is 0 Å². The second-order valence-corrected chi connectivity index (χ2v) is 7.95. The molecule has 0 unspecified atom stereocenters. The third-order valence-electron chi connectivity index (χ3n) is 5.08. The van der Waals surface area contributed by atoms with Gasteiger partial charge in [0.1, 0.15) is 0 Å². The van der Waals surface area contributed by atoms with Crippen LogP contribution in [0.5, 0.6) is 0 Å². The van der Waals surface area contributed by atoms with E-state index in [4.69, 9.17) is 23.8 Å². The zero-order valence-corrected chi connectivity index (χ0v) is 17.0. The average molecular weight is 467 g/mol. The molecule has 0 heterocycles. The second kappa shape index (κ2) is 8.26. The largest absolute Gasteiger partial charge is 0.417 e. The highest BCUT2D eigenvalue weighted by molar-refractivity contribution is 7.80. The fraction of sp³-hybridized carbons (Fsp3) is 0.350. The SMILES string of the molecule is FC(F)(F)c1cccc(C2(NC(=S)Nc3ccc(Cl)c(C(F)(F)F)c3)CCCC2)c1. The molecular weight excluding hydrogens is 450 g/mol. The summed E-state index contributed by atoms with van der Waals surface area (Å²) >= 11 is 10.9. The fourth-order valence-corrected chi connectivity index (χ4v) is 4.20. The number of anilines is 1. The third-order valence-corrected chi connectivity index (χ3v) is 5.62. The molecule has 10 heteroatoms. The van der Waals surface area contributed by atoms with Crippen LogP contribution in [0.3, 0.4) is 0 Å². The van der Waals surface area contributed by atoms with E-state index in [0.717, 1.165) is 37.1 Å². The monoisotopic (exact) mass is 466 g/mol. The van der Waals surface area contributed by atoms with Gasteiger partial charge in [0.15, 0.2) is 5.11 Å². The van der Waals surface area contributed by atoms with E-state index in [9.17, 15) is 26.3 Å². The molecular formula is C20H17ClF6N2S. The lowest BCUT2D eigenvalue weighted by Gasteiger charge is -2.33. The Labute approximate surface area is 179 Å². The van der Waals surface area contributed by atoms with Crippen LogP contribution in [-0.4, -0.2) is 5.11 Å². The summed E-state index contributed by atoms with van der Waals surface area (Å²) in [5, 5.41) is 5.31. The van der Waals surface area contributed by atoms with E-state index in [1.165, 1.54) is 12.1 Å².